The number of nitrogens with zero attached hydrogens (tertiary/aromatic N) is 2. The first-order valence-electron chi connectivity index (χ1n) is 14.0. The van der Waals surface area contributed by atoms with E-state index in [-0.39, 0.29) is 17.3 Å². The molecule has 0 aliphatic heterocycles. The first-order chi connectivity index (χ1) is 19.6. The van der Waals surface area contributed by atoms with Crippen molar-refractivity contribution in [3.63, 3.8) is 0 Å². The van der Waals surface area contributed by atoms with Crippen molar-refractivity contribution in [2.45, 2.75) is 64.4 Å². The highest BCUT2D eigenvalue weighted by Crippen LogP contribution is 2.29. The van der Waals surface area contributed by atoms with Gasteiger partial charge < -0.3 is 15.0 Å². The van der Waals surface area contributed by atoms with E-state index in [9.17, 15) is 18.0 Å². The second-order valence-corrected chi connectivity index (χ2v) is 11.8. The summed E-state index contributed by atoms with van der Waals surface area (Å²) in [4.78, 5) is 29.1. The maximum atomic E-state index is 14.2. The molecule has 2 amide bonds. The first-order valence-corrected chi connectivity index (χ1v) is 15.4. The summed E-state index contributed by atoms with van der Waals surface area (Å²) < 4.78 is 34.4. The molecule has 0 radical (unpaired) electrons. The van der Waals surface area contributed by atoms with E-state index in [1.54, 1.807) is 49.6 Å². The highest BCUT2D eigenvalue weighted by atomic mass is 32.2. The third kappa shape index (κ3) is 7.88. The lowest BCUT2D eigenvalue weighted by atomic mass is 10.1. The quantitative estimate of drug-likeness (QED) is 0.264. The third-order valence-electron chi connectivity index (χ3n) is 7.18. The Bertz CT molecular complexity index is 1410. The Labute approximate surface area is 244 Å². The van der Waals surface area contributed by atoms with Crippen LogP contribution in [-0.2, 0) is 26.2 Å². The van der Waals surface area contributed by atoms with Crippen LogP contribution in [0, 0.1) is 13.8 Å². The molecule has 0 spiro atoms. The van der Waals surface area contributed by atoms with Crippen LogP contribution in [0.25, 0.3) is 0 Å². The number of benzene rings is 3. The summed E-state index contributed by atoms with van der Waals surface area (Å²) >= 11 is 0. The van der Waals surface area contributed by atoms with Crippen LogP contribution >= 0.6 is 0 Å². The zero-order valence-electron chi connectivity index (χ0n) is 24.6. The molecule has 0 saturated carbocycles. The monoisotopic (exact) mass is 579 g/mol. The number of nitrogens with one attached hydrogen (secondary N) is 1. The van der Waals surface area contributed by atoms with E-state index in [2.05, 4.69) is 5.32 Å². The van der Waals surface area contributed by atoms with Gasteiger partial charge in [0.1, 0.15) is 18.3 Å². The number of aryl methyl sites for hydroxylation is 1. The Morgan fingerprint density at radius 1 is 0.927 bits per heavy atom. The summed E-state index contributed by atoms with van der Waals surface area (Å²) in [6.07, 6.45) is 2.12. The first kappa shape index (κ1) is 31.7. The zero-order chi connectivity index (χ0) is 30.0. The number of methoxy groups -OCH3 is 1. The Morgan fingerprint density at radius 3 is 2.22 bits per heavy atom. The van der Waals surface area contributed by atoms with Gasteiger partial charge in [-0.2, -0.15) is 0 Å². The van der Waals surface area contributed by atoms with Gasteiger partial charge in [-0.25, -0.2) is 8.42 Å². The number of hydrogen-bond donors (Lipinski definition) is 1. The Kier molecular flexibility index (Phi) is 11.3. The number of carbonyl (C=O) groups is 2. The van der Waals surface area contributed by atoms with Crippen LogP contribution in [0.15, 0.2) is 77.7 Å². The lowest BCUT2D eigenvalue weighted by Crippen LogP contribution is -2.52. The maximum absolute atomic E-state index is 14.2. The van der Waals surface area contributed by atoms with Crippen molar-refractivity contribution in [2.75, 3.05) is 24.5 Å². The van der Waals surface area contributed by atoms with Crippen LogP contribution in [0.3, 0.4) is 0 Å². The van der Waals surface area contributed by atoms with Gasteiger partial charge in [0.25, 0.3) is 10.0 Å². The van der Waals surface area contributed by atoms with Crippen LogP contribution in [0.2, 0.25) is 0 Å². The van der Waals surface area contributed by atoms with Gasteiger partial charge in [0.2, 0.25) is 11.8 Å². The fraction of sp³-hybridized carbons (Fsp3) is 0.375. The van der Waals surface area contributed by atoms with Crippen LogP contribution in [0.4, 0.5) is 5.69 Å². The molecule has 3 rings (SSSR count). The minimum atomic E-state index is -4.11. The number of amides is 2. The minimum Gasteiger partial charge on any atom is -0.497 e. The summed E-state index contributed by atoms with van der Waals surface area (Å²) in [6, 6.07) is 20.0. The molecule has 0 bridgehead atoms. The topological polar surface area (TPSA) is 96.0 Å². The number of anilines is 1. The van der Waals surface area contributed by atoms with Crippen LogP contribution in [-0.4, -0.2) is 51.4 Å². The van der Waals surface area contributed by atoms with E-state index in [1.807, 2.05) is 45.9 Å². The minimum absolute atomic E-state index is 0.0831. The van der Waals surface area contributed by atoms with Gasteiger partial charge in [-0.05, 0) is 73.7 Å². The Hall–Kier alpha value is -3.85. The van der Waals surface area contributed by atoms with Gasteiger partial charge >= 0.3 is 0 Å². The molecule has 8 nitrogen and oxygen atoms in total. The molecule has 0 aliphatic carbocycles. The second-order valence-electron chi connectivity index (χ2n) is 9.98. The summed E-state index contributed by atoms with van der Waals surface area (Å²) in [7, 11) is -2.53. The van der Waals surface area contributed by atoms with E-state index in [0.717, 1.165) is 33.8 Å². The van der Waals surface area contributed by atoms with E-state index < -0.39 is 28.5 Å². The number of hydrogen-bond acceptors (Lipinski definition) is 5. The number of rotatable bonds is 14. The van der Waals surface area contributed by atoms with Gasteiger partial charge in [-0.15, -0.1) is 0 Å². The molecule has 1 unspecified atom stereocenters. The van der Waals surface area contributed by atoms with E-state index in [1.165, 1.54) is 17.0 Å². The molecule has 9 heteroatoms. The molecule has 220 valence electrons. The van der Waals surface area contributed by atoms with Crippen molar-refractivity contribution >= 4 is 27.5 Å². The zero-order valence-corrected chi connectivity index (χ0v) is 25.4. The molecule has 3 aromatic carbocycles. The fourth-order valence-corrected chi connectivity index (χ4v) is 6.08. The fourth-order valence-electron chi connectivity index (χ4n) is 4.59. The van der Waals surface area contributed by atoms with E-state index >= 15 is 0 Å². The largest absolute Gasteiger partial charge is 0.497 e. The lowest BCUT2D eigenvalue weighted by molar-refractivity contribution is -0.140. The molecule has 0 aromatic heterocycles. The lowest BCUT2D eigenvalue weighted by Gasteiger charge is -2.33. The normalized spacial score (nSPS) is 11.9. The summed E-state index contributed by atoms with van der Waals surface area (Å²) in [6.45, 7) is 7.81. The van der Waals surface area contributed by atoms with Gasteiger partial charge in [0, 0.05) is 13.1 Å². The van der Waals surface area contributed by atoms with Gasteiger partial charge in [-0.3, -0.25) is 13.9 Å². The number of ether oxygens (including phenoxy) is 1. The van der Waals surface area contributed by atoms with Gasteiger partial charge in [0.05, 0.1) is 17.7 Å². The molecule has 0 aliphatic rings. The SMILES string of the molecule is CCCCNC(=O)C(CC)N(Cc1ccc(OC)cc1)C(=O)CN(c1cccc(C)c1C)S(=O)(=O)c1ccccc1. The van der Waals surface area contributed by atoms with Crippen molar-refractivity contribution in [1.29, 1.82) is 0 Å². The highest BCUT2D eigenvalue weighted by Gasteiger charge is 2.34. The second kappa shape index (κ2) is 14.7. The van der Waals surface area contributed by atoms with Gasteiger partial charge in [-0.1, -0.05) is 62.7 Å². The molecule has 0 fully saturated rings. The molecule has 3 aromatic rings. The number of carbonyl (C=O) groups excluding carboxylic acids is 2. The van der Waals surface area contributed by atoms with Crippen molar-refractivity contribution < 1.29 is 22.7 Å². The molecule has 0 heterocycles. The predicted octanol–water partition coefficient (Wildman–Crippen LogP) is 5.23. The molecule has 41 heavy (non-hydrogen) atoms. The van der Waals surface area contributed by atoms with Crippen molar-refractivity contribution in [2.24, 2.45) is 0 Å². The standard InChI is InChI=1S/C32H41N3O5S/c1-6-8-21-33-32(37)29(7-2)34(22-26-17-19-27(40-5)20-18-26)31(36)23-35(30-16-12-13-24(3)25(30)4)41(38,39)28-14-10-9-11-15-28/h9-20,29H,6-8,21-23H2,1-5H3,(H,33,37). The Morgan fingerprint density at radius 2 is 1.61 bits per heavy atom. The van der Waals surface area contributed by atoms with E-state index in [4.69, 9.17) is 4.74 Å². The van der Waals surface area contributed by atoms with Crippen molar-refractivity contribution in [3.8, 4) is 5.75 Å². The van der Waals surface area contributed by atoms with Crippen molar-refractivity contribution in [3.05, 3.63) is 89.5 Å². The van der Waals surface area contributed by atoms with Crippen LogP contribution < -0.4 is 14.4 Å². The smallest absolute Gasteiger partial charge is 0.264 e. The number of unbranched alkanes of at least 4 members (excludes halogenated alkanes) is 1. The average molecular weight is 580 g/mol. The molecule has 0 saturated heterocycles. The molecule has 1 atom stereocenters. The summed E-state index contributed by atoms with van der Waals surface area (Å²) in [5.74, 6) is -0.0586. The Balaban J connectivity index is 2.06. The van der Waals surface area contributed by atoms with Crippen LogP contribution in [0.5, 0.6) is 5.75 Å². The maximum Gasteiger partial charge on any atom is 0.264 e. The molecular formula is C32H41N3O5S. The van der Waals surface area contributed by atoms with Gasteiger partial charge in [0.15, 0.2) is 0 Å². The van der Waals surface area contributed by atoms with Crippen molar-refractivity contribution in [1.82, 2.24) is 10.2 Å². The summed E-state index contributed by atoms with van der Waals surface area (Å²) in [5.41, 5.74) is 2.88. The molecular weight excluding hydrogens is 538 g/mol. The number of sulfonamides is 1. The average Bonchev–Trinajstić information content (AvgIpc) is 2.98. The van der Waals surface area contributed by atoms with Crippen LogP contribution in [0.1, 0.15) is 49.8 Å². The molecule has 1 N–H and O–H groups in total. The highest BCUT2D eigenvalue weighted by molar-refractivity contribution is 7.92. The third-order valence-corrected chi connectivity index (χ3v) is 8.96. The van der Waals surface area contributed by atoms with E-state index in [0.29, 0.717) is 24.4 Å². The predicted molar refractivity (Wildman–Crippen MR) is 162 cm³/mol. The summed E-state index contributed by atoms with van der Waals surface area (Å²) in [5, 5.41) is 2.95.